The van der Waals surface area contributed by atoms with E-state index in [2.05, 4.69) is 32.0 Å². The van der Waals surface area contributed by atoms with E-state index in [1.54, 1.807) is 25.3 Å². The molecule has 1 N–H and O–H groups in total. The third-order valence-corrected chi connectivity index (χ3v) is 7.85. The minimum absolute atomic E-state index is 0.118. The van der Waals surface area contributed by atoms with Gasteiger partial charge >= 0.3 is 5.97 Å². The highest BCUT2D eigenvalue weighted by molar-refractivity contribution is 7.09. The molecule has 0 amide bonds. The van der Waals surface area contributed by atoms with E-state index in [-0.39, 0.29) is 23.1 Å². The number of ether oxygens (including phenoxy) is 1. The van der Waals surface area contributed by atoms with Gasteiger partial charge in [-0.2, -0.15) is 15.2 Å². The molecule has 0 saturated heterocycles. The van der Waals surface area contributed by atoms with E-state index in [9.17, 15) is 15.2 Å². The molecule has 1 aromatic heterocycles. The molecule has 0 unspecified atom stereocenters. The molecule has 0 radical (unpaired) electrons. The molecule has 182 valence electrons. The maximum Gasteiger partial charge on any atom is 0.303 e. The van der Waals surface area contributed by atoms with E-state index in [0.29, 0.717) is 27.7 Å². The van der Waals surface area contributed by atoms with E-state index in [1.165, 1.54) is 11.3 Å². The van der Waals surface area contributed by atoms with Crippen molar-refractivity contribution in [3.05, 3.63) is 44.7 Å². The van der Waals surface area contributed by atoms with Crippen molar-refractivity contribution >= 4 is 34.7 Å². The molecule has 1 aliphatic rings. The molecule has 2 aromatic rings. The van der Waals surface area contributed by atoms with Gasteiger partial charge in [-0.15, -0.1) is 11.3 Å². The fourth-order valence-electron chi connectivity index (χ4n) is 4.44. The van der Waals surface area contributed by atoms with Gasteiger partial charge in [0.2, 0.25) is 6.19 Å². The van der Waals surface area contributed by atoms with Crippen molar-refractivity contribution in [1.29, 1.82) is 5.26 Å². The van der Waals surface area contributed by atoms with Gasteiger partial charge in [0.1, 0.15) is 5.75 Å². The number of nitrogens with zero attached hydrogens (tertiary/aromatic N) is 4. The fourth-order valence-corrected chi connectivity index (χ4v) is 5.66. The number of aliphatic carboxylic acids is 1. The summed E-state index contributed by atoms with van der Waals surface area (Å²) in [6.45, 7) is 6.94. The Morgan fingerprint density at radius 1 is 1.32 bits per heavy atom. The second kappa shape index (κ2) is 10.7. The van der Waals surface area contributed by atoms with Crippen LogP contribution in [0.4, 0.5) is 0 Å². The number of aliphatic imine (C=N–C) groups is 1. The molecule has 34 heavy (non-hydrogen) atoms. The zero-order valence-corrected chi connectivity index (χ0v) is 21.7. The van der Waals surface area contributed by atoms with Crippen LogP contribution < -0.4 is 9.54 Å². The van der Waals surface area contributed by atoms with E-state index in [0.717, 1.165) is 37.0 Å². The van der Waals surface area contributed by atoms with Crippen molar-refractivity contribution in [2.24, 2.45) is 15.4 Å². The first-order valence-corrected chi connectivity index (χ1v) is 12.5. The average Bonchev–Trinajstić information content (AvgIpc) is 3.16. The zero-order valence-electron chi connectivity index (χ0n) is 20.1. The Bertz CT molecular complexity index is 1180. The molecule has 1 aromatic carbocycles. The molecular formula is C25H31ClN4O3S. The van der Waals surface area contributed by atoms with Gasteiger partial charge < -0.3 is 14.4 Å². The summed E-state index contributed by atoms with van der Waals surface area (Å²) in [6.07, 6.45) is 8.96. The summed E-state index contributed by atoms with van der Waals surface area (Å²) in [4.78, 5) is 22.3. The van der Waals surface area contributed by atoms with Gasteiger partial charge in [0, 0.05) is 22.6 Å². The zero-order chi connectivity index (χ0) is 24.9. The van der Waals surface area contributed by atoms with E-state index in [4.69, 9.17) is 21.3 Å². The number of benzene rings is 1. The number of carbonyl (C=O) groups is 1. The maximum atomic E-state index is 11.8. The van der Waals surface area contributed by atoms with Crippen molar-refractivity contribution in [2.75, 3.05) is 7.11 Å². The Hall–Kier alpha value is -2.63. The van der Waals surface area contributed by atoms with Crippen molar-refractivity contribution in [1.82, 2.24) is 4.57 Å². The normalized spacial score (nSPS) is 16.8. The van der Waals surface area contributed by atoms with Crippen LogP contribution in [0.2, 0.25) is 5.02 Å². The highest BCUT2D eigenvalue weighted by Gasteiger charge is 2.35. The van der Waals surface area contributed by atoms with E-state index >= 15 is 0 Å². The maximum absolute atomic E-state index is 11.8. The number of nitriles is 1. The molecule has 9 heteroatoms. The number of carboxylic acids is 1. The van der Waals surface area contributed by atoms with Crippen molar-refractivity contribution in [2.45, 2.75) is 71.3 Å². The number of methoxy groups -OCH3 is 1. The first-order chi connectivity index (χ1) is 16.1. The number of rotatable bonds is 6. The van der Waals surface area contributed by atoms with Gasteiger partial charge in [-0.25, -0.2) is 0 Å². The number of hydrogen-bond donors (Lipinski definition) is 1. The van der Waals surface area contributed by atoms with Gasteiger partial charge in [0.15, 0.2) is 10.6 Å². The predicted octanol–water partition coefficient (Wildman–Crippen LogP) is 5.76. The molecular weight excluding hydrogens is 472 g/mol. The molecule has 1 aliphatic carbocycles. The molecule has 0 atom stereocenters. The topological polar surface area (TPSA) is 100.0 Å². The van der Waals surface area contributed by atoms with Crippen LogP contribution in [0.5, 0.6) is 5.75 Å². The van der Waals surface area contributed by atoms with Crippen molar-refractivity contribution in [3.63, 3.8) is 0 Å². The lowest BCUT2D eigenvalue weighted by atomic mass is 9.71. The van der Waals surface area contributed by atoms with E-state index < -0.39 is 5.97 Å². The summed E-state index contributed by atoms with van der Waals surface area (Å²) in [5.74, 6) is -0.0626. The fraction of sp³-hybridized carbons (Fsp3) is 0.520. The largest absolute Gasteiger partial charge is 0.496 e. The number of aromatic nitrogens is 1. The number of halogens is 1. The molecule has 0 spiro atoms. The minimum Gasteiger partial charge on any atom is -0.496 e. The summed E-state index contributed by atoms with van der Waals surface area (Å²) in [5, 5.41) is 19.5. The summed E-state index contributed by atoms with van der Waals surface area (Å²) in [7, 11) is 1.54. The van der Waals surface area contributed by atoms with Gasteiger partial charge in [0.25, 0.3) is 0 Å². The summed E-state index contributed by atoms with van der Waals surface area (Å²) in [5.41, 5.74) is 0.0782. The number of amidine groups is 1. The molecule has 1 fully saturated rings. The minimum atomic E-state index is -0.775. The molecule has 1 saturated carbocycles. The van der Waals surface area contributed by atoms with Crippen LogP contribution in [-0.4, -0.2) is 28.6 Å². The van der Waals surface area contributed by atoms with Crippen molar-refractivity contribution in [3.8, 4) is 11.9 Å². The van der Waals surface area contributed by atoms with Crippen molar-refractivity contribution < 1.29 is 14.6 Å². The molecule has 0 aliphatic heterocycles. The third kappa shape index (κ3) is 6.28. The first kappa shape index (κ1) is 26.0. The van der Waals surface area contributed by atoms with Gasteiger partial charge in [-0.1, -0.05) is 51.6 Å². The second-order valence-corrected chi connectivity index (χ2v) is 11.3. The smallest absolute Gasteiger partial charge is 0.303 e. The summed E-state index contributed by atoms with van der Waals surface area (Å²) < 4.78 is 7.50. The van der Waals surface area contributed by atoms with Crippen LogP contribution in [0.25, 0.3) is 0 Å². The van der Waals surface area contributed by atoms with Crippen LogP contribution >= 0.6 is 22.9 Å². The standard InChI is InChI=1S/C25H31ClN4O3S/c1-24(2,3)20-14-30(15-25(13-21(31)32)10-6-5-7-11-25)23(34-20)29-22(28-16-27)18-12-17(26)8-9-19(18)33-4/h8-9,12,14H,5-7,10-11,13,15H2,1-4H3,(H,31,32). The number of hydrogen-bond acceptors (Lipinski definition) is 5. The third-order valence-electron chi connectivity index (χ3n) is 6.17. The highest BCUT2D eigenvalue weighted by atomic mass is 35.5. The Morgan fingerprint density at radius 2 is 2.03 bits per heavy atom. The molecule has 1 heterocycles. The lowest BCUT2D eigenvalue weighted by molar-refractivity contribution is -0.140. The van der Waals surface area contributed by atoms with Crippen LogP contribution in [0, 0.1) is 16.9 Å². The van der Waals surface area contributed by atoms with E-state index in [1.807, 2.05) is 10.8 Å². The highest BCUT2D eigenvalue weighted by Crippen LogP contribution is 2.41. The first-order valence-electron chi connectivity index (χ1n) is 11.3. The Balaban J connectivity index is 2.17. The Kier molecular flexibility index (Phi) is 8.21. The summed E-state index contributed by atoms with van der Waals surface area (Å²) >= 11 is 7.74. The Morgan fingerprint density at radius 3 is 2.62 bits per heavy atom. The Labute approximate surface area is 209 Å². The number of carboxylic acid groups (broad SMARTS) is 1. The second-order valence-electron chi connectivity index (χ2n) is 9.88. The van der Waals surface area contributed by atoms with Crippen LogP contribution in [0.3, 0.4) is 0 Å². The molecule has 3 rings (SSSR count). The summed E-state index contributed by atoms with van der Waals surface area (Å²) in [6, 6.07) is 5.10. The number of thiazole rings is 1. The van der Waals surface area contributed by atoms with Crippen LogP contribution in [-0.2, 0) is 16.8 Å². The quantitative estimate of drug-likeness (QED) is 0.308. The molecule has 7 nitrogen and oxygen atoms in total. The SMILES string of the molecule is COc1ccc(Cl)cc1C(=NC#N)N=c1sc(C(C)(C)C)cn1CC1(CC(=O)O)CCCCC1. The lowest BCUT2D eigenvalue weighted by Gasteiger charge is -2.36. The van der Waals surface area contributed by atoms with Crippen LogP contribution in [0.15, 0.2) is 34.4 Å². The molecule has 0 bridgehead atoms. The van der Waals surface area contributed by atoms with Gasteiger partial charge in [-0.05, 0) is 41.9 Å². The van der Waals surface area contributed by atoms with Gasteiger partial charge in [-0.3, -0.25) is 4.79 Å². The lowest BCUT2D eigenvalue weighted by Crippen LogP contribution is -2.35. The monoisotopic (exact) mass is 502 g/mol. The van der Waals surface area contributed by atoms with Crippen LogP contribution in [0.1, 0.15) is 69.7 Å². The predicted molar refractivity (Wildman–Crippen MR) is 134 cm³/mol. The average molecular weight is 503 g/mol. The van der Waals surface area contributed by atoms with Gasteiger partial charge in [0.05, 0.1) is 19.1 Å².